The first kappa shape index (κ1) is 12.4. The summed E-state index contributed by atoms with van der Waals surface area (Å²) in [6.07, 6.45) is 7.71. The Morgan fingerprint density at radius 2 is 1.88 bits per heavy atom. The van der Waals surface area contributed by atoms with Crippen LogP contribution in [0.5, 0.6) is 0 Å². The van der Waals surface area contributed by atoms with Gasteiger partial charge in [0.1, 0.15) is 0 Å². The standard InChI is InChI=1S/C13H21NO3/c15-11-6-2-5-9-14(11)13(10-12(16)17)7-3-1-4-8-13/h1-10H2,(H,16,17). The van der Waals surface area contributed by atoms with E-state index in [1.165, 1.54) is 6.42 Å². The van der Waals surface area contributed by atoms with Crippen molar-refractivity contribution in [1.29, 1.82) is 0 Å². The summed E-state index contributed by atoms with van der Waals surface area (Å²) in [5.74, 6) is -0.607. The van der Waals surface area contributed by atoms with Crippen molar-refractivity contribution in [1.82, 2.24) is 4.90 Å². The van der Waals surface area contributed by atoms with Gasteiger partial charge in [0.25, 0.3) is 0 Å². The van der Waals surface area contributed by atoms with Gasteiger partial charge >= 0.3 is 5.97 Å². The first-order valence-corrected chi connectivity index (χ1v) is 6.66. The van der Waals surface area contributed by atoms with Gasteiger partial charge < -0.3 is 10.0 Å². The molecule has 0 unspecified atom stereocenters. The predicted octanol–water partition coefficient (Wildman–Crippen LogP) is 2.18. The Morgan fingerprint density at radius 3 is 2.47 bits per heavy atom. The summed E-state index contributed by atoms with van der Waals surface area (Å²) in [4.78, 5) is 25.0. The second-order valence-electron chi connectivity index (χ2n) is 5.36. The van der Waals surface area contributed by atoms with Crippen LogP contribution in [0.15, 0.2) is 0 Å². The molecular formula is C13H21NO3. The lowest BCUT2D eigenvalue weighted by atomic mass is 9.77. The molecule has 0 bridgehead atoms. The van der Waals surface area contributed by atoms with Crippen molar-refractivity contribution in [3.63, 3.8) is 0 Å². The van der Waals surface area contributed by atoms with Gasteiger partial charge in [0, 0.05) is 13.0 Å². The van der Waals surface area contributed by atoms with Gasteiger partial charge in [-0.25, -0.2) is 0 Å². The molecule has 1 saturated heterocycles. The minimum absolute atomic E-state index is 0.124. The Labute approximate surface area is 102 Å². The summed E-state index contributed by atoms with van der Waals surface area (Å²) < 4.78 is 0. The molecule has 0 aromatic carbocycles. The fraction of sp³-hybridized carbons (Fsp3) is 0.846. The van der Waals surface area contributed by atoms with Crippen molar-refractivity contribution < 1.29 is 14.7 Å². The van der Waals surface area contributed by atoms with E-state index in [-0.39, 0.29) is 17.9 Å². The van der Waals surface area contributed by atoms with E-state index in [0.717, 1.165) is 45.1 Å². The average Bonchev–Trinajstić information content (AvgIpc) is 2.29. The van der Waals surface area contributed by atoms with Crippen molar-refractivity contribution in [2.24, 2.45) is 0 Å². The summed E-state index contributed by atoms with van der Waals surface area (Å²) >= 11 is 0. The Morgan fingerprint density at radius 1 is 1.18 bits per heavy atom. The van der Waals surface area contributed by atoms with Gasteiger partial charge in [-0.15, -0.1) is 0 Å². The van der Waals surface area contributed by atoms with Crippen molar-refractivity contribution in [3.8, 4) is 0 Å². The third-order valence-corrected chi connectivity index (χ3v) is 4.16. The van der Waals surface area contributed by atoms with E-state index in [4.69, 9.17) is 5.11 Å². The molecule has 2 fully saturated rings. The smallest absolute Gasteiger partial charge is 0.305 e. The summed E-state index contributed by atoms with van der Waals surface area (Å²) in [7, 11) is 0. The Balaban J connectivity index is 2.18. The maximum Gasteiger partial charge on any atom is 0.305 e. The molecule has 1 saturated carbocycles. The molecule has 96 valence electrons. The van der Waals surface area contributed by atoms with Gasteiger partial charge in [0.2, 0.25) is 5.91 Å². The third-order valence-electron chi connectivity index (χ3n) is 4.16. The molecule has 1 heterocycles. The van der Waals surface area contributed by atoms with Crippen LogP contribution >= 0.6 is 0 Å². The van der Waals surface area contributed by atoms with Crippen LogP contribution in [0, 0.1) is 0 Å². The Bertz CT molecular complexity index is 308. The third kappa shape index (κ3) is 2.61. The van der Waals surface area contributed by atoms with Crippen LogP contribution < -0.4 is 0 Å². The van der Waals surface area contributed by atoms with E-state index in [2.05, 4.69) is 0 Å². The largest absolute Gasteiger partial charge is 0.481 e. The molecule has 4 heteroatoms. The monoisotopic (exact) mass is 239 g/mol. The molecule has 17 heavy (non-hydrogen) atoms. The lowest BCUT2D eigenvalue weighted by Gasteiger charge is -2.47. The number of carbonyl (C=O) groups excluding carboxylic acids is 1. The maximum absolute atomic E-state index is 12.0. The SMILES string of the molecule is O=C(O)CC1(N2CCCCC2=O)CCCCC1. The number of nitrogens with zero attached hydrogens (tertiary/aromatic N) is 1. The van der Waals surface area contributed by atoms with E-state index in [1.807, 2.05) is 4.90 Å². The highest BCUT2D eigenvalue weighted by Crippen LogP contribution is 2.38. The van der Waals surface area contributed by atoms with Crippen molar-refractivity contribution in [3.05, 3.63) is 0 Å². The molecule has 0 aromatic rings. The van der Waals surface area contributed by atoms with Crippen LogP contribution in [0.2, 0.25) is 0 Å². The summed E-state index contributed by atoms with van der Waals surface area (Å²) in [6, 6.07) is 0. The van der Waals surface area contributed by atoms with Crippen molar-refractivity contribution >= 4 is 11.9 Å². The predicted molar refractivity (Wildman–Crippen MR) is 63.6 cm³/mol. The van der Waals surface area contributed by atoms with Gasteiger partial charge in [-0.2, -0.15) is 0 Å². The Hall–Kier alpha value is -1.06. The molecular weight excluding hydrogens is 218 g/mol. The number of carbonyl (C=O) groups is 2. The number of carboxylic acids is 1. The second-order valence-corrected chi connectivity index (χ2v) is 5.36. The van der Waals surface area contributed by atoms with Crippen LogP contribution in [0.25, 0.3) is 0 Å². The van der Waals surface area contributed by atoms with E-state index in [1.54, 1.807) is 0 Å². The van der Waals surface area contributed by atoms with Crippen molar-refractivity contribution in [2.75, 3.05) is 6.54 Å². The quantitative estimate of drug-likeness (QED) is 0.821. The second kappa shape index (κ2) is 5.07. The first-order valence-electron chi connectivity index (χ1n) is 6.66. The Kier molecular flexibility index (Phi) is 3.69. The molecule has 1 aliphatic heterocycles. The first-order chi connectivity index (χ1) is 8.14. The van der Waals surface area contributed by atoms with Crippen LogP contribution in [0.1, 0.15) is 57.8 Å². The maximum atomic E-state index is 12.0. The van der Waals surface area contributed by atoms with Gasteiger partial charge in [0.15, 0.2) is 0 Å². The zero-order valence-corrected chi connectivity index (χ0v) is 10.3. The molecule has 0 aromatic heterocycles. The fourth-order valence-electron chi connectivity index (χ4n) is 3.34. The molecule has 2 aliphatic rings. The van der Waals surface area contributed by atoms with Crippen LogP contribution in [0.3, 0.4) is 0 Å². The minimum Gasteiger partial charge on any atom is -0.481 e. The molecule has 1 N–H and O–H groups in total. The van der Waals surface area contributed by atoms with Gasteiger partial charge in [0.05, 0.1) is 12.0 Å². The number of carboxylic acid groups (broad SMARTS) is 1. The number of hydrogen-bond donors (Lipinski definition) is 1. The lowest BCUT2D eigenvalue weighted by molar-refractivity contribution is -0.149. The molecule has 0 atom stereocenters. The van der Waals surface area contributed by atoms with E-state index in [9.17, 15) is 9.59 Å². The van der Waals surface area contributed by atoms with Crippen LogP contribution in [0.4, 0.5) is 0 Å². The number of aliphatic carboxylic acids is 1. The molecule has 1 aliphatic carbocycles. The number of likely N-dealkylation sites (tertiary alicyclic amines) is 1. The van der Waals surface area contributed by atoms with E-state index < -0.39 is 5.97 Å². The van der Waals surface area contributed by atoms with E-state index >= 15 is 0 Å². The van der Waals surface area contributed by atoms with Crippen molar-refractivity contribution in [2.45, 2.75) is 63.3 Å². The summed E-state index contributed by atoms with van der Waals surface area (Å²) in [5.41, 5.74) is -0.373. The topological polar surface area (TPSA) is 57.6 Å². The molecule has 2 rings (SSSR count). The molecule has 0 radical (unpaired) electrons. The molecule has 1 amide bonds. The number of amides is 1. The number of hydrogen-bond acceptors (Lipinski definition) is 2. The molecule has 0 spiro atoms. The van der Waals surface area contributed by atoms with Gasteiger partial charge in [-0.1, -0.05) is 19.3 Å². The highest BCUT2D eigenvalue weighted by atomic mass is 16.4. The highest BCUT2D eigenvalue weighted by Gasteiger charge is 2.42. The normalized spacial score (nSPS) is 24.7. The van der Waals surface area contributed by atoms with Crippen LogP contribution in [-0.4, -0.2) is 34.0 Å². The van der Waals surface area contributed by atoms with Crippen LogP contribution in [-0.2, 0) is 9.59 Å². The van der Waals surface area contributed by atoms with Gasteiger partial charge in [-0.05, 0) is 25.7 Å². The fourth-order valence-corrected chi connectivity index (χ4v) is 3.34. The average molecular weight is 239 g/mol. The van der Waals surface area contributed by atoms with E-state index in [0.29, 0.717) is 6.42 Å². The number of piperidine rings is 1. The molecule has 4 nitrogen and oxygen atoms in total. The minimum atomic E-state index is -0.773. The lowest BCUT2D eigenvalue weighted by Crippen LogP contribution is -2.55. The number of rotatable bonds is 3. The highest BCUT2D eigenvalue weighted by molar-refractivity contribution is 5.79. The van der Waals surface area contributed by atoms with Gasteiger partial charge in [-0.3, -0.25) is 9.59 Å². The summed E-state index contributed by atoms with van der Waals surface area (Å²) in [6.45, 7) is 0.756. The zero-order valence-electron chi connectivity index (χ0n) is 10.3. The zero-order chi connectivity index (χ0) is 12.3. The summed E-state index contributed by atoms with van der Waals surface area (Å²) in [5, 5.41) is 9.11.